The number of methoxy groups -OCH3 is 2. The summed E-state index contributed by atoms with van der Waals surface area (Å²) >= 11 is 3.33. The van der Waals surface area contributed by atoms with Crippen molar-refractivity contribution in [2.45, 2.75) is 0 Å². The van der Waals surface area contributed by atoms with Gasteiger partial charge in [0, 0.05) is 22.2 Å². The average molecular weight is 337 g/mol. The lowest BCUT2D eigenvalue weighted by Crippen LogP contribution is -2.05. The van der Waals surface area contributed by atoms with Crippen molar-refractivity contribution >= 4 is 21.7 Å². The van der Waals surface area contributed by atoms with Crippen molar-refractivity contribution in [2.75, 3.05) is 14.2 Å². The minimum absolute atomic E-state index is 0.111. The minimum Gasteiger partial charge on any atom is -0.507 e. The smallest absolute Gasteiger partial charge is 0.201 e. The largest absolute Gasteiger partial charge is 0.507 e. The van der Waals surface area contributed by atoms with Gasteiger partial charge in [-0.15, -0.1) is 0 Å². The zero-order valence-corrected chi connectivity index (χ0v) is 12.6. The van der Waals surface area contributed by atoms with Crippen LogP contribution < -0.4 is 9.47 Å². The molecule has 0 atom stereocenters. The van der Waals surface area contributed by atoms with Crippen LogP contribution in [0.2, 0.25) is 0 Å². The summed E-state index contributed by atoms with van der Waals surface area (Å²) in [7, 11) is 2.91. The van der Waals surface area contributed by atoms with Gasteiger partial charge in [0.1, 0.15) is 22.8 Å². The predicted octanol–water partition coefficient (Wildman–Crippen LogP) is 3.40. The SMILES string of the molecule is COc1cc(O)c(C(=O)c2ccccc2Br)c(OC)c1. The zero-order chi connectivity index (χ0) is 14.7. The van der Waals surface area contributed by atoms with Gasteiger partial charge in [-0.25, -0.2) is 0 Å². The van der Waals surface area contributed by atoms with Crippen molar-refractivity contribution in [1.29, 1.82) is 0 Å². The van der Waals surface area contributed by atoms with E-state index in [2.05, 4.69) is 15.9 Å². The maximum atomic E-state index is 12.6. The van der Waals surface area contributed by atoms with Crippen LogP contribution in [0.1, 0.15) is 15.9 Å². The molecule has 0 radical (unpaired) electrons. The van der Waals surface area contributed by atoms with Crippen LogP contribution in [0, 0.1) is 0 Å². The number of hydrogen-bond donors (Lipinski definition) is 1. The Morgan fingerprint density at radius 1 is 1.15 bits per heavy atom. The number of benzene rings is 2. The van der Waals surface area contributed by atoms with E-state index in [1.807, 2.05) is 6.07 Å². The molecule has 2 rings (SSSR count). The first kappa shape index (κ1) is 14.4. The van der Waals surface area contributed by atoms with Crippen LogP contribution in [-0.2, 0) is 0 Å². The molecule has 104 valence electrons. The van der Waals surface area contributed by atoms with E-state index in [4.69, 9.17) is 9.47 Å². The van der Waals surface area contributed by atoms with Gasteiger partial charge in [0.05, 0.1) is 14.2 Å². The van der Waals surface area contributed by atoms with Crippen LogP contribution in [0.25, 0.3) is 0 Å². The molecule has 20 heavy (non-hydrogen) atoms. The van der Waals surface area contributed by atoms with E-state index < -0.39 is 0 Å². The van der Waals surface area contributed by atoms with Crippen molar-refractivity contribution in [3.8, 4) is 17.2 Å². The molecule has 0 heterocycles. The van der Waals surface area contributed by atoms with Gasteiger partial charge in [-0.3, -0.25) is 4.79 Å². The van der Waals surface area contributed by atoms with E-state index in [0.29, 0.717) is 15.8 Å². The summed E-state index contributed by atoms with van der Waals surface area (Å²) in [6.45, 7) is 0. The third-order valence-corrected chi connectivity index (χ3v) is 3.55. The van der Waals surface area contributed by atoms with Crippen LogP contribution in [0.5, 0.6) is 17.2 Å². The normalized spacial score (nSPS) is 10.2. The van der Waals surface area contributed by atoms with Crippen LogP contribution >= 0.6 is 15.9 Å². The Kier molecular flexibility index (Phi) is 4.29. The molecule has 0 aliphatic carbocycles. The molecule has 0 aromatic heterocycles. The number of hydrogen-bond acceptors (Lipinski definition) is 4. The van der Waals surface area contributed by atoms with E-state index in [-0.39, 0.29) is 22.8 Å². The van der Waals surface area contributed by atoms with E-state index in [0.717, 1.165) is 0 Å². The fourth-order valence-electron chi connectivity index (χ4n) is 1.86. The number of phenols is 1. The molecule has 2 aromatic rings. The van der Waals surface area contributed by atoms with E-state index in [1.165, 1.54) is 20.3 Å². The third-order valence-electron chi connectivity index (χ3n) is 2.86. The minimum atomic E-state index is -0.325. The highest BCUT2D eigenvalue weighted by Gasteiger charge is 2.22. The van der Waals surface area contributed by atoms with Gasteiger partial charge in [-0.1, -0.05) is 28.1 Å². The Hall–Kier alpha value is -2.01. The summed E-state index contributed by atoms with van der Waals surface area (Å²) in [5.41, 5.74) is 0.562. The molecule has 5 heteroatoms. The predicted molar refractivity (Wildman–Crippen MR) is 78.8 cm³/mol. The second kappa shape index (κ2) is 5.96. The molecule has 0 unspecified atom stereocenters. The quantitative estimate of drug-likeness (QED) is 0.869. The lowest BCUT2D eigenvalue weighted by atomic mass is 10.0. The molecule has 0 bridgehead atoms. The molecule has 2 aromatic carbocycles. The molecule has 0 fully saturated rings. The highest BCUT2D eigenvalue weighted by atomic mass is 79.9. The second-order valence-electron chi connectivity index (χ2n) is 4.03. The lowest BCUT2D eigenvalue weighted by Gasteiger charge is -2.12. The summed E-state index contributed by atoms with van der Waals surface area (Å²) in [4.78, 5) is 12.6. The van der Waals surface area contributed by atoms with Crippen molar-refractivity contribution in [2.24, 2.45) is 0 Å². The van der Waals surface area contributed by atoms with Gasteiger partial charge < -0.3 is 14.6 Å². The number of ether oxygens (including phenoxy) is 2. The third kappa shape index (κ3) is 2.63. The van der Waals surface area contributed by atoms with Gasteiger partial charge in [0.25, 0.3) is 0 Å². The molecule has 0 spiro atoms. The first-order valence-electron chi connectivity index (χ1n) is 5.82. The molecular formula is C15H13BrO4. The van der Waals surface area contributed by atoms with E-state index in [9.17, 15) is 9.90 Å². The molecule has 0 saturated carbocycles. The van der Waals surface area contributed by atoms with Crippen molar-refractivity contribution in [3.63, 3.8) is 0 Å². The maximum absolute atomic E-state index is 12.6. The molecule has 0 aliphatic heterocycles. The topological polar surface area (TPSA) is 55.8 Å². The van der Waals surface area contributed by atoms with Gasteiger partial charge in [-0.05, 0) is 12.1 Å². The highest BCUT2D eigenvalue weighted by molar-refractivity contribution is 9.10. The number of carbonyl (C=O) groups is 1. The molecule has 0 saturated heterocycles. The Balaban J connectivity index is 2.58. The highest BCUT2D eigenvalue weighted by Crippen LogP contribution is 2.35. The van der Waals surface area contributed by atoms with E-state index >= 15 is 0 Å². The van der Waals surface area contributed by atoms with Crippen LogP contribution in [-0.4, -0.2) is 25.1 Å². The monoisotopic (exact) mass is 336 g/mol. The Morgan fingerprint density at radius 3 is 2.45 bits per heavy atom. The van der Waals surface area contributed by atoms with Crippen LogP contribution in [0.4, 0.5) is 0 Å². The first-order chi connectivity index (χ1) is 9.58. The number of carbonyl (C=O) groups excluding carboxylic acids is 1. The average Bonchev–Trinajstić information content (AvgIpc) is 2.46. The molecular weight excluding hydrogens is 324 g/mol. The van der Waals surface area contributed by atoms with Gasteiger partial charge in [-0.2, -0.15) is 0 Å². The van der Waals surface area contributed by atoms with Gasteiger partial charge in [0.2, 0.25) is 5.78 Å². The van der Waals surface area contributed by atoms with Crippen LogP contribution in [0.3, 0.4) is 0 Å². The van der Waals surface area contributed by atoms with Gasteiger partial charge in [0.15, 0.2) is 0 Å². The maximum Gasteiger partial charge on any atom is 0.201 e. The summed E-state index contributed by atoms with van der Waals surface area (Å²) in [5, 5.41) is 10.1. The number of phenolic OH excluding ortho intramolecular Hbond substituents is 1. The number of rotatable bonds is 4. The van der Waals surface area contributed by atoms with Crippen molar-refractivity contribution in [1.82, 2.24) is 0 Å². The lowest BCUT2D eigenvalue weighted by molar-refractivity contribution is 0.103. The fourth-order valence-corrected chi connectivity index (χ4v) is 2.33. The molecule has 0 aliphatic rings. The number of halogens is 1. The Labute approximate surface area is 125 Å². The van der Waals surface area contributed by atoms with Gasteiger partial charge >= 0.3 is 0 Å². The summed E-state index contributed by atoms with van der Waals surface area (Å²) in [5.74, 6) is 0.182. The Morgan fingerprint density at radius 2 is 1.85 bits per heavy atom. The van der Waals surface area contributed by atoms with E-state index in [1.54, 1.807) is 24.3 Å². The summed E-state index contributed by atoms with van der Waals surface area (Å²) in [6, 6.07) is 9.95. The summed E-state index contributed by atoms with van der Waals surface area (Å²) in [6.07, 6.45) is 0. The Bertz CT molecular complexity index is 652. The molecule has 1 N–H and O–H groups in total. The standard InChI is InChI=1S/C15H13BrO4/c1-19-9-7-12(17)14(13(8-9)20-2)15(18)10-5-3-4-6-11(10)16/h3-8,17H,1-2H3. The fraction of sp³-hybridized carbons (Fsp3) is 0.133. The van der Waals surface area contributed by atoms with Crippen molar-refractivity contribution in [3.05, 3.63) is 52.0 Å². The van der Waals surface area contributed by atoms with Crippen molar-refractivity contribution < 1.29 is 19.4 Å². The zero-order valence-electron chi connectivity index (χ0n) is 11.0. The second-order valence-corrected chi connectivity index (χ2v) is 4.89. The molecule has 4 nitrogen and oxygen atoms in total. The number of ketones is 1. The summed E-state index contributed by atoms with van der Waals surface area (Å²) < 4.78 is 10.9. The molecule has 0 amide bonds. The first-order valence-corrected chi connectivity index (χ1v) is 6.62. The van der Waals surface area contributed by atoms with Crippen LogP contribution in [0.15, 0.2) is 40.9 Å². The number of aromatic hydroxyl groups is 1.